The second kappa shape index (κ2) is 5.60. The van der Waals surface area contributed by atoms with Crippen molar-refractivity contribution in [1.82, 2.24) is 4.98 Å². The lowest BCUT2D eigenvalue weighted by molar-refractivity contribution is 1.05. The number of pyridine rings is 1. The SMILES string of the molecule is C/C=C/CCNc1ncccc1Cl. The molecular weight excluding hydrogens is 184 g/mol. The lowest BCUT2D eigenvalue weighted by Gasteiger charge is -2.04. The predicted octanol–water partition coefficient (Wildman–Crippen LogP) is 3.11. The van der Waals surface area contributed by atoms with Crippen molar-refractivity contribution < 1.29 is 0 Å². The van der Waals surface area contributed by atoms with Crippen LogP contribution in [0.1, 0.15) is 13.3 Å². The van der Waals surface area contributed by atoms with Crippen LogP contribution in [0, 0.1) is 0 Å². The fourth-order valence-corrected chi connectivity index (χ4v) is 1.14. The average Bonchev–Trinajstić information content (AvgIpc) is 2.15. The first kappa shape index (κ1) is 10.1. The molecule has 0 fully saturated rings. The molecule has 3 heteroatoms. The number of hydrogen-bond donors (Lipinski definition) is 1. The Balaban J connectivity index is 2.41. The molecule has 0 bridgehead atoms. The smallest absolute Gasteiger partial charge is 0.144 e. The summed E-state index contributed by atoms with van der Waals surface area (Å²) in [6.45, 7) is 2.87. The van der Waals surface area contributed by atoms with E-state index in [0.29, 0.717) is 5.02 Å². The molecule has 0 saturated carbocycles. The van der Waals surface area contributed by atoms with Crippen LogP contribution >= 0.6 is 11.6 Å². The molecule has 2 nitrogen and oxygen atoms in total. The molecule has 0 unspecified atom stereocenters. The summed E-state index contributed by atoms with van der Waals surface area (Å²) in [6, 6.07) is 3.64. The standard InChI is InChI=1S/C10H13ClN2/c1-2-3-4-7-12-10-9(11)6-5-8-13-10/h2-3,5-6,8H,4,7H2,1H3,(H,12,13)/b3-2+. The third kappa shape index (κ3) is 3.47. The summed E-state index contributed by atoms with van der Waals surface area (Å²) in [4.78, 5) is 4.11. The fraction of sp³-hybridized carbons (Fsp3) is 0.300. The minimum Gasteiger partial charge on any atom is -0.369 e. The molecule has 0 aliphatic rings. The highest BCUT2D eigenvalue weighted by Crippen LogP contribution is 2.16. The van der Waals surface area contributed by atoms with Gasteiger partial charge in [0, 0.05) is 12.7 Å². The first-order valence-corrected chi connectivity index (χ1v) is 4.68. The van der Waals surface area contributed by atoms with Crippen LogP contribution in [0.2, 0.25) is 5.02 Å². The molecule has 0 aliphatic carbocycles. The highest BCUT2D eigenvalue weighted by molar-refractivity contribution is 6.32. The number of rotatable bonds is 4. The molecule has 13 heavy (non-hydrogen) atoms. The zero-order valence-corrected chi connectivity index (χ0v) is 8.38. The summed E-state index contributed by atoms with van der Waals surface area (Å²) in [6.07, 6.45) is 6.85. The molecule has 1 heterocycles. The van der Waals surface area contributed by atoms with E-state index < -0.39 is 0 Å². The summed E-state index contributed by atoms with van der Waals surface area (Å²) in [7, 11) is 0. The maximum absolute atomic E-state index is 5.89. The average molecular weight is 197 g/mol. The Morgan fingerprint density at radius 1 is 1.62 bits per heavy atom. The number of halogens is 1. The van der Waals surface area contributed by atoms with Gasteiger partial charge in [-0.1, -0.05) is 23.8 Å². The lowest BCUT2D eigenvalue weighted by Crippen LogP contribution is -2.02. The van der Waals surface area contributed by atoms with Crippen molar-refractivity contribution in [2.24, 2.45) is 0 Å². The van der Waals surface area contributed by atoms with Crippen LogP contribution in [0.3, 0.4) is 0 Å². The summed E-state index contributed by atoms with van der Waals surface area (Å²) < 4.78 is 0. The van der Waals surface area contributed by atoms with Gasteiger partial charge in [-0.2, -0.15) is 0 Å². The second-order valence-corrected chi connectivity index (χ2v) is 3.03. The molecule has 0 aromatic carbocycles. The van der Waals surface area contributed by atoms with E-state index in [9.17, 15) is 0 Å². The maximum Gasteiger partial charge on any atom is 0.144 e. The van der Waals surface area contributed by atoms with Gasteiger partial charge in [0.25, 0.3) is 0 Å². The topological polar surface area (TPSA) is 24.9 Å². The van der Waals surface area contributed by atoms with Crippen molar-refractivity contribution in [3.05, 3.63) is 35.5 Å². The summed E-state index contributed by atoms with van der Waals surface area (Å²) in [5.74, 6) is 0.758. The Morgan fingerprint density at radius 2 is 2.46 bits per heavy atom. The van der Waals surface area contributed by atoms with E-state index in [2.05, 4.69) is 16.4 Å². The van der Waals surface area contributed by atoms with Crippen LogP contribution < -0.4 is 5.32 Å². The first-order valence-electron chi connectivity index (χ1n) is 4.30. The van der Waals surface area contributed by atoms with Crippen molar-refractivity contribution in [3.8, 4) is 0 Å². The summed E-state index contributed by atoms with van der Waals surface area (Å²) in [5.41, 5.74) is 0. The Bertz CT molecular complexity index is 284. The molecule has 70 valence electrons. The zero-order chi connectivity index (χ0) is 9.52. The Hall–Kier alpha value is -1.02. The highest BCUT2D eigenvalue weighted by atomic mass is 35.5. The van der Waals surface area contributed by atoms with Crippen LogP contribution in [0.5, 0.6) is 0 Å². The second-order valence-electron chi connectivity index (χ2n) is 2.62. The van der Waals surface area contributed by atoms with Gasteiger partial charge in [0.05, 0.1) is 5.02 Å². The van der Waals surface area contributed by atoms with Gasteiger partial charge in [-0.25, -0.2) is 4.98 Å². The molecule has 0 spiro atoms. The van der Waals surface area contributed by atoms with Crippen LogP contribution in [0.25, 0.3) is 0 Å². The van der Waals surface area contributed by atoms with Crippen molar-refractivity contribution in [2.75, 3.05) is 11.9 Å². The summed E-state index contributed by atoms with van der Waals surface area (Å²) >= 11 is 5.89. The van der Waals surface area contributed by atoms with Gasteiger partial charge in [0.15, 0.2) is 0 Å². The van der Waals surface area contributed by atoms with E-state index in [-0.39, 0.29) is 0 Å². The van der Waals surface area contributed by atoms with Gasteiger partial charge in [-0.05, 0) is 25.5 Å². The Kier molecular flexibility index (Phi) is 4.33. The largest absolute Gasteiger partial charge is 0.369 e. The van der Waals surface area contributed by atoms with Crippen LogP contribution in [0.4, 0.5) is 5.82 Å². The lowest BCUT2D eigenvalue weighted by atomic mass is 10.4. The quantitative estimate of drug-likeness (QED) is 0.591. The third-order valence-corrected chi connectivity index (χ3v) is 1.90. The number of allylic oxidation sites excluding steroid dienone is 1. The van der Waals surface area contributed by atoms with Crippen LogP contribution in [0.15, 0.2) is 30.5 Å². The van der Waals surface area contributed by atoms with E-state index >= 15 is 0 Å². The molecule has 1 aromatic rings. The fourth-order valence-electron chi connectivity index (χ4n) is 0.956. The van der Waals surface area contributed by atoms with Gasteiger partial charge in [0.2, 0.25) is 0 Å². The van der Waals surface area contributed by atoms with E-state index in [1.165, 1.54) is 0 Å². The van der Waals surface area contributed by atoms with Gasteiger partial charge in [-0.15, -0.1) is 0 Å². The molecular formula is C10H13ClN2. The summed E-state index contributed by atoms with van der Waals surface area (Å²) in [5, 5.41) is 3.82. The molecule has 0 saturated heterocycles. The first-order chi connectivity index (χ1) is 6.34. The molecule has 0 aliphatic heterocycles. The van der Waals surface area contributed by atoms with Gasteiger partial charge in [-0.3, -0.25) is 0 Å². The van der Waals surface area contributed by atoms with E-state index in [1.807, 2.05) is 25.1 Å². The normalized spacial score (nSPS) is 10.6. The molecule has 1 N–H and O–H groups in total. The number of anilines is 1. The van der Waals surface area contributed by atoms with Crippen LogP contribution in [-0.2, 0) is 0 Å². The predicted molar refractivity (Wildman–Crippen MR) is 57.2 cm³/mol. The number of nitrogens with one attached hydrogen (secondary N) is 1. The zero-order valence-electron chi connectivity index (χ0n) is 7.63. The van der Waals surface area contributed by atoms with Crippen molar-refractivity contribution in [2.45, 2.75) is 13.3 Å². The minimum atomic E-state index is 0.669. The molecule has 0 atom stereocenters. The van der Waals surface area contributed by atoms with Gasteiger partial charge in [0.1, 0.15) is 5.82 Å². The van der Waals surface area contributed by atoms with Crippen molar-refractivity contribution in [1.29, 1.82) is 0 Å². The number of nitrogens with zero attached hydrogens (tertiary/aromatic N) is 1. The van der Waals surface area contributed by atoms with Crippen molar-refractivity contribution >= 4 is 17.4 Å². The molecule has 0 amide bonds. The number of aromatic nitrogens is 1. The van der Waals surface area contributed by atoms with E-state index in [0.717, 1.165) is 18.8 Å². The van der Waals surface area contributed by atoms with Crippen molar-refractivity contribution in [3.63, 3.8) is 0 Å². The highest BCUT2D eigenvalue weighted by Gasteiger charge is 1.96. The molecule has 0 radical (unpaired) electrons. The Labute approximate surface area is 83.6 Å². The van der Waals surface area contributed by atoms with Gasteiger partial charge >= 0.3 is 0 Å². The number of hydrogen-bond acceptors (Lipinski definition) is 2. The maximum atomic E-state index is 5.89. The molecule has 1 aromatic heterocycles. The van der Waals surface area contributed by atoms with Crippen LogP contribution in [-0.4, -0.2) is 11.5 Å². The molecule has 1 rings (SSSR count). The third-order valence-electron chi connectivity index (χ3n) is 1.60. The Morgan fingerprint density at radius 3 is 3.15 bits per heavy atom. The van der Waals surface area contributed by atoms with E-state index in [1.54, 1.807) is 6.20 Å². The van der Waals surface area contributed by atoms with Gasteiger partial charge < -0.3 is 5.32 Å². The van der Waals surface area contributed by atoms with E-state index in [4.69, 9.17) is 11.6 Å². The minimum absolute atomic E-state index is 0.669. The monoisotopic (exact) mass is 196 g/mol.